The van der Waals surface area contributed by atoms with E-state index >= 15 is 0 Å². The summed E-state index contributed by atoms with van der Waals surface area (Å²) < 4.78 is 5.33. The molecule has 0 bridgehead atoms. The molecular weight excluding hydrogens is 150 g/mol. The summed E-state index contributed by atoms with van der Waals surface area (Å²) in [6.07, 6.45) is 3.63. The summed E-state index contributed by atoms with van der Waals surface area (Å²) in [6.45, 7) is 6.96. The van der Waals surface area contributed by atoms with Crippen molar-refractivity contribution in [1.29, 1.82) is 0 Å². The highest BCUT2D eigenvalue weighted by molar-refractivity contribution is 5.25. The van der Waals surface area contributed by atoms with Gasteiger partial charge in [-0.05, 0) is 24.5 Å². The predicted molar refractivity (Wildman–Crippen MR) is 49.5 cm³/mol. The van der Waals surface area contributed by atoms with Gasteiger partial charge >= 0.3 is 0 Å². The maximum atomic E-state index is 5.33. The van der Waals surface area contributed by atoms with Crippen molar-refractivity contribution in [2.75, 3.05) is 6.61 Å². The van der Waals surface area contributed by atoms with E-state index in [1.54, 1.807) is 6.20 Å². The Balaban J connectivity index is 2.81. The quantitative estimate of drug-likeness (QED) is 0.686. The lowest BCUT2D eigenvalue weighted by Gasteiger charge is -2.07. The normalized spacial score (nSPS) is 10.3. The van der Waals surface area contributed by atoms with Gasteiger partial charge in [0.15, 0.2) is 0 Å². The lowest BCUT2D eigenvalue weighted by atomic mass is 10.1. The van der Waals surface area contributed by atoms with Gasteiger partial charge in [-0.1, -0.05) is 13.8 Å². The summed E-state index contributed by atoms with van der Waals surface area (Å²) in [7, 11) is 0. The second-order valence-corrected chi connectivity index (χ2v) is 3.04. The Morgan fingerprint density at radius 3 is 2.75 bits per heavy atom. The zero-order valence-electron chi connectivity index (χ0n) is 7.87. The molecule has 0 radical (unpaired) electrons. The van der Waals surface area contributed by atoms with Crippen LogP contribution in [0.3, 0.4) is 0 Å². The fourth-order valence-electron chi connectivity index (χ4n) is 0.997. The van der Waals surface area contributed by atoms with Crippen LogP contribution in [0.2, 0.25) is 0 Å². The molecule has 1 heterocycles. The molecule has 0 N–H and O–H groups in total. The van der Waals surface area contributed by atoms with Gasteiger partial charge in [-0.25, -0.2) is 0 Å². The lowest BCUT2D eigenvalue weighted by Crippen LogP contribution is -1.94. The van der Waals surface area contributed by atoms with Gasteiger partial charge in [-0.15, -0.1) is 0 Å². The third-order valence-corrected chi connectivity index (χ3v) is 1.71. The van der Waals surface area contributed by atoms with E-state index in [-0.39, 0.29) is 0 Å². The van der Waals surface area contributed by atoms with Crippen LogP contribution in [0.5, 0.6) is 5.75 Å². The summed E-state index contributed by atoms with van der Waals surface area (Å²) >= 11 is 0. The highest BCUT2D eigenvalue weighted by Gasteiger charge is 2.00. The van der Waals surface area contributed by atoms with Crippen LogP contribution < -0.4 is 4.74 Å². The van der Waals surface area contributed by atoms with E-state index in [4.69, 9.17) is 4.74 Å². The number of hydrogen-bond acceptors (Lipinski definition) is 2. The van der Waals surface area contributed by atoms with Gasteiger partial charge in [-0.2, -0.15) is 0 Å². The Hall–Kier alpha value is -1.05. The van der Waals surface area contributed by atoms with Gasteiger partial charge in [0, 0.05) is 6.20 Å². The Bertz CT molecular complexity index is 245. The first-order chi connectivity index (χ1) is 5.74. The maximum absolute atomic E-state index is 5.33. The zero-order valence-corrected chi connectivity index (χ0v) is 7.87. The van der Waals surface area contributed by atoms with E-state index in [2.05, 4.69) is 18.8 Å². The smallest absolute Gasteiger partial charge is 0.137 e. The van der Waals surface area contributed by atoms with Crippen molar-refractivity contribution in [3.05, 3.63) is 24.0 Å². The van der Waals surface area contributed by atoms with Crippen LogP contribution in [-0.4, -0.2) is 11.6 Å². The third-order valence-electron chi connectivity index (χ3n) is 1.71. The molecule has 12 heavy (non-hydrogen) atoms. The van der Waals surface area contributed by atoms with Crippen LogP contribution in [0.25, 0.3) is 0 Å². The summed E-state index contributed by atoms with van der Waals surface area (Å²) in [5.74, 6) is 1.38. The molecule has 1 rings (SSSR count). The zero-order chi connectivity index (χ0) is 8.97. The minimum Gasteiger partial charge on any atom is -0.492 e. The topological polar surface area (TPSA) is 22.1 Å². The SMILES string of the molecule is CCOc1cncc(C(C)C)c1. The minimum absolute atomic E-state index is 0.512. The van der Waals surface area contributed by atoms with E-state index in [9.17, 15) is 0 Å². The van der Waals surface area contributed by atoms with Crippen molar-refractivity contribution >= 4 is 0 Å². The van der Waals surface area contributed by atoms with Crippen molar-refractivity contribution in [1.82, 2.24) is 4.98 Å². The third kappa shape index (κ3) is 2.22. The van der Waals surface area contributed by atoms with Crippen molar-refractivity contribution < 1.29 is 4.74 Å². The van der Waals surface area contributed by atoms with E-state index in [0.29, 0.717) is 12.5 Å². The Morgan fingerprint density at radius 1 is 1.42 bits per heavy atom. The molecule has 2 heteroatoms. The number of ether oxygens (including phenoxy) is 1. The van der Waals surface area contributed by atoms with Gasteiger partial charge in [0.25, 0.3) is 0 Å². The molecular formula is C10H15NO. The van der Waals surface area contributed by atoms with E-state index < -0.39 is 0 Å². The molecule has 0 fully saturated rings. The van der Waals surface area contributed by atoms with Gasteiger partial charge < -0.3 is 4.74 Å². The molecule has 0 aliphatic rings. The highest BCUT2D eigenvalue weighted by Crippen LogP contribution is 2.18. The molecule has 0 unspecified atom stereocenters. The predicted octanol–water partition coefficient (Wildman–Crippen LogP) is 2.60. The minimum atomic E-state index is 0.512. The van der Waals surface area contributed by atoms with E-state index in [1.807, 2.05) is 19.2 Å². The van der Waals surface area contributed by atoms with Crippen molar-refractivity contribution in [3.8, 4) is 5.75 Å². The van der Waals surface area contributed by atoms with Crippen molar-refractivity contribution in [3.63, 3.8) is 0 Å². The first kappa shape index (κ1) is 9.04. The van der Waals surface area contributed by atoms with Crippen molar-refractivity contribution in [2.45, 2.75) is 26.7 Å². The summed E-state index contributed by atoms with van der Waals surface area (Å²) in [5, 5.41) is 0. The molecule has 0 amide bonds. The Kier molecular flexibility index (Phi) is 3.09. The second kappa shape index (κ2) is 4.10. The van der Waals surface area contributed by atoms with Gasteiger partial charge in [0.05, 0.1) is 12.8 Å². The number of aromatic nitrogens is 1. The molecule has 2 nitrogen and oxygen atoms in total. The number of hydrogen-bond donors (Lipinski definition) is 0. The Labute approximate surface area is 73.6 Å². The average Bonchev–Trinajstić information content (AvgIpc) is 2.05. The summed E-state index contributed by atoms with van der Waals surface area (Å²) in [6, 6.07) is 2.04. The molecule has 0 saturated carbocycles. The van der Waals surface area contributed by atoms with Crippen molar-refractivity contribution in [2.24, 2.45) is 0 Å². The van der Waals surface area contributed by atoms with Gasteiger partial charge in [-0.3, -0.25) is 4.98 Å². The molecule has 0 atom stereocenters. The second-order valence-electron chi connectivity index (χ2n) is 3.04. The van der Waals surface area contributed by atoms with Crippen LogP contribution >= 0.6 is 0 Å². The van der Waals surface area contributed by atoms with Crippen LogP contribution in [0, 0.1) is 0 Å². The lowest BCUT2D eigenvalue weighted by molar-refractivity contribution is 0.338. The largest absolute Gasteiger partial charge is 0.492 e. The summed E-state index contributed by atoms with van der Waals surface area (Å²) in [4.78, 5) is 4.10. The van der Waals surface area contributed by atoms with E-state index in [0.717, 1.165) is 5.75 Å². The number of pyridine rings is 1. The van der Waals surface area contributed by atoms with Gasteiger partial charge in [0.1, 0.15) is 5.75 Å². The summed E-state index contributed by atoms with van der Waals surface area (Å²) in [5.41, 5.74) is 1.22. The van der Waals surface area contributed by atoms with Crippen LogP contribution in [0.1, 0.15) is 32.3 Å². The average molecular weight is 165 g/mol. The molecule has 1 aromatic rings. The maximum Gasteiger partial charge on any atom is 0.137 e. The molecule has 0 saturated heterocycles. The monoisotopic (exact) mass is 165 g/mol. The Morgan fingerprint density at radius 2 is 2.17 bits per heavy atom. The first-order valence-corrected chi connectivity index (χ1v) is 4.31. The first-order valence-electron chi connectivity index (χ1n) is 4.31. The highest BCUT2D eigenvalue weighted by atomic mass is 16.5. The molecule has 1 aromatic heterocycles. The van der Waals surface area contributed by atoms with Crippen LogP contribution in [0.4, 0.5) is 0 Å². The number of rotatable bonds is 3. The number of nitrogens with zero attached hydrogens (tertiary/aromatic N) is 1. The molecule has 66 valence electrons. The van der Waals surface area contributed by atoms with Gasteiger partial charge in [0.2, 0.25) is 0 Å². The van der Waals surface area contributed by atoms with Crippen LogP contribution in [-0.2, 0) is 0 Å². The molecule has 0 aliphatic carbocycles. The fourth-order valence-corrected chi connectivity index (χ4v) is 0.997. The molecule has 0 aromatic carbocycles. The molecule has 0 spiro atoms. The van der Waals surface area contributed by atoms with Crippen LogP contribution in [0.15, 0.2) is 18.5 Å². The molecule has 0 aliphatic heterocycles. The van der Waals surface area contributed by atoms with E-state index in [1.165, 1.54) is 5.56 Å². The fraction of sp³-hybridized carbons (Fsp3) is 0.500. The standard InChI is InChI=1S/C10H15NO/c1-4-12-10-5-9(8(2)3)6-11-7-10/h5-8H,4H2,1-3H3.